The van der Waals surface area contributed by atoms with E-state index < -0.39 is 0 Å². The summed E-state index contributed by atoms with van der Waals surface area (Å²) in [7, 11) is 3.48. The first-order valence-electron chi connectivity index (χ1n) is 9.29. The number of para-hydroxylation sites is 2. The minimum absolute atomic E-state index is 0.450. The van der Waals surface area contributed by atoms with E-state index in [0.29, 0.717) is 11.8 Å². The van der Waals surface area contributed by atoms with Gasteiger partial charge in [-0.25, -0.2) is 0 Å². The molecule has 136 valence electrons. The van der Waals surface area contributed by atoms with E-state index in [4.69, 9.17) is 9.47 Å². The summed E-state index contributed by atoms with van der Waals surface area (Å²) in [5, 5.41) is 0. The third kappa shape index (κ3) is 3.70. The van der Waals surface area contributed by atoms with E-state index in [-0.39, 0.29) is 0 Å². The summed E-state index contributed by atoms with van der Waals surface area (Å²) in [6, 6.07) is 16.6. The molecule has 0 radical (unpaired) electrons. The molecule has 2 nitrogen and oxygen atoms in total. The maximum absolute atomic E-state index is 5.62. The summed E-state index contributed by atoms with van der Waals surface area (Å²) in [5.41, 5.74) is 5.34. The topological polar surface area (TPSA) is 18.5 Å². The maximum Gasteiger partial charge on any atom is 0.126 e. The summed E-state index contributed by atoms with van der Waals surface area (Å²) in [6.07, 6.45) is 6.75. The second kappa shape index (κ2) is 8.27. The van der Waals surface area contributed by atoms with Crippen molar-refractivity contribution in [3.63, 3.8) is 0 Å². The van der Waals surface area contributed by atoms with E-state index >= 15 is 0 Å². The van der Waals surface area contributed by atoms with Crippen LogP contribution in [0.1, 0.15) is 43.7 Å². The second-order valence-electron chi connectivity index (χ2n) is 6.99. The molecule has 0 N–H and O–H groups in total. The van der Waals surface area contributed by atoms with Gasteiger partial charge in [0, 0.05) is 5.56 Å². The molecule has 0 saturated heterocycles. The molecule has 0 unspecified atom stereocenters. The molecule has 0 heterocycles. The van der Waals surface area contributed by atoms with Crippen LogP contribution in [-0.4, -0.2) is 14.2 Å². The van der Waals surface area contributed by atoms with Crippen molar-refractivity contribution in [3.8, 4) is 11.5 Å². The first-order chi connectivity index (χ1) is 12.7. The zero-order chi connectivity index (χ0) is 18.5. The van der Waals surface area contributed by atoms with Crippen molar-refractivity contribution in [2.24, 2.45) is 5.92 Å². The van der Waals surface area contributed by atoms with Crippen LogP contribution in [-0.2, 0) is 0 Å². The lowest BCUT2D eigenvalue weighted by atomic mass is 9.73. The average molecular weight is 348 g/mol. The standard InChI is InChI=1S/C24H28O2/c1-17-13-15-21(22-10-6-8-12-24(22)26-4)18(2)20(17)16-14-19-9-5-7-11-23(19)25-3/h5-12,14,16,18,21H,13,15H2,1-4H3/b16-14-/t18-,21+/m0/s1. The van der Waals surface area contributed by atoms with Crippen LogP contribution in [0.15, 0.2) is 65.8 Å². The Labute approximate surface area is 157 Å². The molecule has 0 amide bonds. The molecule has 0 aromatic heterocycles. The normalized spacial score (nSPS) is 20.5. The number of ether oxygens (including phenoxy) is 2. The van der Waals surface area contributed by atoms with Crippen LogP contribution >= 0.6 is 0 Å². The Morgan fingerprint density at radius 3 is 2.27 bits per heavy atom. The van der Waals surface area contributed by atoms with E-state index in [9.17, 15) is 0 Å². The zero-order valence-electron chi connectivity index (χ0n) is 16.2. The second-order valence-corrected chi connectivity index (χ2v) is 6.99. The molecular weight excluding hydrogens is 320 g/mol. The molecule has 1 aliphatic rings. The first-order valence-corrected chi connectivity index (χ1v) is 9.29. The minimum Gasteiger partial charge on any atom is -0.496 e. The summed E-state index contributed by atoms with van der Waals surface area (Å²) in [5.74, 6) is 2.84. The van der Waals surface area contributed by atoms with Crippen LogP contribution in [0.25, 0.3) is 6.08 Å². The average Bonchev–Trinajstić information content (AvgIpc) is 2.68. The van der Waals surface area contributed by atoms with Crippen molar-refractivity contribution >= 4 is 6.08 Å². The Kier molecular flexibility index (Phi) is 5.82. The number of hydrogen-bond acceptors (Lipinski definition) is 2. The molecule has 0 aliphatic heterocycles. The molecule has 0 spiro atoms. The molecule has 2 atom stereocenters. The molecule has 3 rings (SSSR count). The van der Waals surface area contributed by atoms with Gasteiger partial charge in [0.15, 0.2) is 0 Å². The molecule has 1 aliphatic carbocycles. The summed E-state index contributed by atoms with van der Waals surface area (Å²) >= 11 is 0. The number of hydrogen-bond donors (Lipinski definition) is 0. The van der Waals surface area contributed by atoms with Crippen molar-refractivity contribution in [2.75, 3.05) is 14.2 Å². The fraction of sp³-hybridized carbons (Fsp3) is 0.333. The monoisotopic (exact) mass is 348 g/mol. The van der Waals surface area contributed by atoms with Crippen LogP contribution in [0.2, 0.25) is 0 Å². The van der Waals surface area contributed by atoms with E-state index in [2.05, 4.69) is 50.3 Å². The molecular formula is C24H28O2. The van der Waals surface area contributed by atoms with Crippen LogP contribution in [0.4, 0.5) is 0 Å². The quantitative estimate of drug-likeness (QED) is 0.636. The minimum atomic E-state index is 0.450. The van der Waals surface area contributed by atoms with Crippen molar-refractivity contribution in [3.05, 3.63) is 76.9 Å². The lowest BCUT2D eigenvalue weighted by molar-refractivity contribution is 0.388. The highest BCUT2D eigenvalue weighted by atomic mass is 16.5. The van der Waals surface area contributed by atoms with Gasteiger partial charge >= 0.3 is 0 Å². The predicted molar refractivity (Wildman–Crippen MR) is 109 cm³/mol. The first kappa shape index (κ1) is 18.3. The number of methoxy groups -OCH3 is 2. The predicted octanol–water partition coefficient (Wildman–Crippen LogP) is 6.25. The van der Waals surface area contributed by atoms with Gasteiger partial charge in [0.25, 0.3) is 0 Å². The van der Waals surface area contributed by atoms with E-state index in [0.717, 1.165) is 23.5 Å². The largest absolute Gasteiger partial charge is 0.496 e. The molecule has 0 fully saturated rings. The third-order valence-corrected chi connectivity index (χ3v) is 5.54. The van der Waals surface area contributed by atoms with Gasteiger partial charge in [-0.3, -0.25) is 0 Å². The highest BCUT2D eigenvalue weighted by molar-refractivity contribution is 5.60. The summed E-state index contributed by atoms with van der Waals surface area (Å²) < 4.78 is 11.1. The van der Waals surface area contributed by atoms with Gasteiger partial charge in [-0.05, 0) is 54.9 Å². The van der Waals surface area contributed by atoms with Gasteiger partial charge in [-0.1, -0.05) is 61.0 Å². The molecule has 2 heteroatoms. The lowest BCUT2D eigenvalue weighted by Gasteiger charge is -2.32. The van der Waals surface area contributed by atoms with Gasteiger partial charge < -0.3 is 9.47 Å². The maximum atomic E-state index is 5.62. The highest BCUT2D eigenvalue weighted by Crippen LogP contribution is 2.44. The molecule has 2 aromatic carbocycles. The highest BCUT2D eigenvalue weighted by Gasteiger charge is 2.28. The van der Waals surface area contributed by atoms with Crippen LogP contribution in [0.3, 0.4) is 0 Å². The van der Waals surface area contributed by atoms with Gasteiger partial charge in [-0.2, -0.15) is 0 Å². The van der Waals surface area contributed by atoms with Crippen LogP contribution in [0, 0.1) is 5.92 Å². The number of benzene rings is 2. The van der Waals surface area contributed by atoms with Crippen LogP contribution < -0.4 is 9.47 Å². The van der Waals surface area contributed by atoms with Gasteiger partial charge in [0.05, 0.1) is 14.2 Å². The number of allylic oxidation sites excluding steroid dienone is 3. The summed E-state index contributed by atoms with van der Waals surface area (Å²) in [4.78, 5) is 0. The summed E-state index contributed by atoms with van der Waals surface area (Å²) in [6.45, 7) is 4.60. The van der Waals surface area contributed by atoms with Crippen molar-refractivity contribution in [1.82, 2.24) is 0 Å². The Morgan fingerprint density at radius 2 is 1.54 bits per heavy atom. The van der Waals surface area contributed by atoms with Crippen molar-refractivity contribution in [2.45, 2.75) is 32.6 Å². The molecule has 2 aromatic rings. The van der Waals surface area contributed by atoms with Crippen molar-refractivity contribution in [1.29, 1.82) is 0 Å². The molecule has 26 heavy (non-hydrogen) atoms. The molecule has 0 bridgehead atoms. The smallest absolute Gasteiger partial charge is 0.126 e. The van der Waals surface area contributed by atoms with Gasteiger partial charge in [0.1, 0.15) is 11.5 Å². The van der Waals surface area contributed by atoms with E-state index in [1.807, 2.05) is 24.3 Å². The zero-order valence-corrected chi connectivity index (χ0v) is 16.2. The lowest BCUT2D eigenvalue weighted by Crippen LogP contribution is -2.18. The van der Waals surface area contributed by atoms with Crippen LogP contribution in [0.5, 0.6) is 11.5 Å². The Morgan fingerprint density at radius 1 is 0.885 bits per heavy atom. The van der Waals surface area contributed by atoms with E-state index in [1.54, 1.807) is 14.2 Å². The fourth-order valence-corrected chi connectivity index (χ4v) is 4.05. The fourth-order valence-electron chi connectivity index (χ4n) is 4.05. The van der Waals surface area contributed by atoms with E-state index in [1.165, 1.54) is 23.1 Å². The number of rotatable bonds is 5. The third-order valence-electron chi connectivity index (χ3n) is 5.54. The Bertz CT molecular complexity index is 816. The Hall–Kier alpha value is -2.48. The van der Waals surface area contributed by atoms with Gasteiger partial charge in [-0.15, -0.1) is 0 Å². The van der Waals surface area contributed by atoms with Gasteiger partial charge in [0.2, 0.25) is 0 Å². The van der Waals surface area contributed by atoms with Crippen molar-refractivity contribution < 1.29 is 9.47 Å². The SMILES string of the molecule is COc1ccccc1/C=C\C1=C(C)CC[C@@H](c2ccccc2OC)[C@H]1C. The molecule has 0 saturated carbocycles. The Balaban J connectivity index is 1.90.